The lowest BCUT2D eigenvalue weighted by Crippen LogP contribution is -2.31. The Morgan fingerprint density at radius 2 is 1.90 bits per heavy atom. The van der Waals surface area contributed by atoms with Crippen molar-refractivity contribution in [2.24, 2.45) is 0 Å². The third-order valence-corrected chi connectivity index (χ3v) is 3.85. The first-order valence-corrected chi connectivity index (χ1v) is 6.80. The van der Waals surface area contributed by atoms with Gasteiger partial charge in [-0.1, -0.05) is 30.3 Å². The molecule has 1 aliphatic rings. The maximum absolute atomic E-state index is 10.5. The number of fused-ring (bicyclic) bond motifs is 1. The van der Waals surface area contributed by atoms with E-state index < -0.39 is 6.10 Å². The average molecular weight is 264 g/mol. The number of aliphatic hydroxyl groups excluding tert-OH is 1. The average Bonchev–Trinajstić information content (AvgIpc) is 2.54. The lowest BCUT2D eigenvalue weighted by Gasteiger charge is -2.30. The van der Waals surface area contributed by atoms with Crippen molar-refractivity contribution in [2.75, 3.05) is 5.32 Å². The molecule has 1 heterocycles. The highest BCUT2D eigenvalue weighted by Gasteiger charge is 2.25. The van der Waals surface area contributed by atoms with E-state index in [9.17, 15) is 5.11 Å². The lowest BCUT2D eigenvalue weighted by atomic mass is 9.91. The Bertz CT molecular complexity index is 643. The number of hydrogen-bond acceptors (Lipinski definition) is 3. The van der Waals surface area contributed by atoms with Crippen LogP contribution in [0, 0.1) is 11.3 Å². The maximum atomic E-state index is 10.5. The fourth-order valence-corrected chi connectivity index (χ4v) is 2.69. The van der Waals surface area contributed by atoms with Gasteiger partial charge in [0.15, 0.2) is 0 Å². The number of hydrogen-bond donors (Lipinski definition) is 2. The molecular formula is C17H16N2O. The summed E-state index contributed by atoms with van der Waals surface area (Å²) in [7, 11) is 0. The first-order valence-electron chi connectivity index (χ1n) is 6.80. The minimum Gasteiger partial charge on any atom is -0.386 e. The van der Waals surface area contributed by atoms with E-state index in [4.69, 9.17) is 5.26 Å². The van der Waals surface area contributed by atoms with Gasteiger partial charge < -0.3 is 10.4 Å². The van der Waals surface area contributed by atoms with Gasteiger partial charge in [0, 0.05) is 5.69 Å². The van der Waals surface area contributed by atoms with Gasteiger partial charge in [-0.15, -0.1) is 0 Å². The number of nitrogens with zero attached hydrogens (tertiary/aromatic N) is 1. The molecular weight excluding hydrogens is 248 g/mol. The summed E-state index contributed by atoms with van der Waals surface area (Å²) in [6.07, 6.45) is 1.32. The SMILES string of the molecule is N#Cc1ccc(C(O)C2CCc3ccccc3N2)cc1. The minimum absolute atomic E-state index is 0.0119. The fourth-order valence-electron chi connectivity index (χ4n) is 2.69. The topological polar surface area (TPSA) is 56.0 Å². The van der Waals surface area contributed by atoms with E-state index in [1.165, 1.54) is 5.56 Å². The number of aliphatic hydroxyl groups is 1. The van der Waals surface area contributed by atoms with E-state index in [0.29, 0.717) is 5.56 Å². The molecule has 2 N–H and O–H groups in total. The van der Waals surface area contributed by atoms with Gasteiger partial charge in [-0.2, -0.15) is 5.26 Å². The van der Waals surface area contributed by atoms with Gasteiger partial charge in [0.1, 0.15) is 0 Å². The molecule has 3 nitrogen and oxygen atoms in total. The van der Waals surface area contributed by atoms with Crippen molar-refractivity contribution in [3.8, 4) is 6.07 Å². The Morgan fingerprint density at radius 3 is 2.65 bits per heavy atom. The summed E-state index contributed by atoms with van der Waals surface area (Å²) >= 11 is 0. The smallest absolute Gasteiger partial charge is 0.0991 e. The number of aryl methyl sites for hydroxylation is 1. The van der Waals surface area contributed by atoms with Crippen LogP contribution in [0.25, 0.3) is 0 Å². The highest BCUT2D eigenvalue weighted by molar-refractivity contribution is 5.54. The second-order valence-electron chi connectivity index (χ2n) is 5.13. The van der Waals surface area contributed by atoms with Crippen molar-refractivity contribution in [3.05, 3.63) is 65.2 Å². The first-order chi connectivity index (χ1) is 9.78. The molecule has 0 fully saturated rings. The molecule has 0 spiro atoms. The van der Waals surface area contributed by atoms with E-state index in [1.807, 2.05) is 30.3 Å². The van der Waals surface area contributed by atoms with E-state index in [1.54, 1.807) is 12.1 Å². The van der Waals surface area contributed by atoms with Crippen LogP contribution in [0.5, 0.6) is 0 Å². The van der Waals surface area contributed by atoms with Crippen LogP contribution in [-0.4, -0.2) is 11.1 Å². The number of nitrogens with one attached hydrogen (secondary N) is 1. The third kappa shape index (κ3) is 2.38. The number of anilines is 1. The molecule has 0 saturated carbocycles. The predicted octanol–water partition coefficient (Wildman–Crippen LogP) is 3.02. The summed E-state index contributed by atoms with van der Waals surface area (Å²) in [5, 5.41) is 22.7. The molecule has 0 amide bonds. The summed E-state index contributed by atoms with van der Waals surface area (Å²) < 4.78 is 0. The molecule has 100 valence electrons. The Hall–Kier alpha value is -2.31. The highest BCUT2D eigenvalue weighted by Crippen LogP contribution is 2.30. The van der Waals surface area contributed by atoms with Crippen molar-refractivity contribution < 1.29 is 5.11 Å². The largest absolute Gasteiger partial charge is 0.386 e. The zero-order valence-corrected chi connectivity index (χ0v) is 11.1. The van der Waals surface area contributed by atoms with Crippen LogP contribution in [0.3, 0.4) is 0 Å². The Kier molecular flexibility index (Phi) is 3.41. The molecule has 3 heteroatoms. The van der Waals surface area contributed by atoms with Gasteiger partial charge in [-0.3, -0.25) is 0 Å². The highest BCUT2D eigenvalue weighted by atomic mass is 16.3. The molecule has 2 unspecified atom stereocenters. The maximum Gasteiger partial charge on any atom is 0.0991 e. The summed E-state index contributed by atoms with van der Waals surface area (Å²) in [4.78, 5) is 0. The van der Waals surface area contributed by atoms with Crippen LogP contribution in [0.1, 0.15) is 29.2 Å². The molecule has 0 bridgehead atoms. The van der Waals surface area contributed by atoms with Crippen LogP contribution in [0.4, 0.5) is 5.69 Å². The van der Waals surface area contributed by atoms with Crippen molar-refractivity contribution in [2.45, 2.75) is 25.0 Å². The second-order valence-corrected chi connectivity index (χ2v) is 5.13. The van der Waals surface area contributed by atoms with E-state index in [-0.39, 0.29) is 6.04 Å². The second kappa shape index (κ2) is 5.36. The van der Waals surface area contributed by atoms with Crippen molar-refractivity contribution in [1.82, 2.24) is 0 Å². The van der Waals surface area contributed by atoms with Crippen LogP contribution in [0.15, 0.2) is 48.5 Å². The van der Waals surface area contributed by atoms with Gasteiger partial charge >= 0.3 is 0 Å². The van der Waals surface area contributed by atoms with Crippen LogP contribution in [-0.2, 0) is 6.42 Å². The van der Waals surface area contributed by atoms with Crippen molar-refractivity contribution in [1.29, 1.82) is 5.26 Å². The van der Waals surface area contributed by atoms with Gasteiger partial charge in [-0.05, 0) is 42.2 Å². The summed E-state index contributed by atoms with van der Waals surface area (Å²) in [6, 6.07) is 17.4. The molecule has 0 aliphatic carbocycles. The molecule has 1 aliphatic heterocycles. The molecule has 2 aromatic carbocycles. The van der Waals surface area contributed by atoms with Gasteiger partial charge in [0.25, 0.3) is 0 Å². The number of para-hydroxylation sites is 1. The van der Waals surface area contributed by atoms with Crippen molar-refractivity contribution >= 4 is 5.69 Å². The Labute approximate surface area is 118 Å². The number of benzene rings is 2. The van der Waals surface area contributed by atoms with Crippen LogP contribution < -0.4 is 5.32 Å². The predicted molar refractivity (Wildman–Crippen MR) is 78.3 cm³/mol. The van der Waals surface area contributed by atoms with Crippen molar-refractivity contribution in [3.63, 3.8) is 0 Å². The van der Waals surface area contributed by atoms with Crippen LogP contribution >= 0.6 is 0 Å². The van der Waals surface area contributed by atoms with Gasteiger partial charge in [-0.25, -0.2) is 0 Å². The van der Waals surface area contributed by atoms with E-state index in [0.717, 1.165) is 24.1 Å². The zero-order valence-electron chi connectivity index (χ0n) is 11.1. The van der Waals surface area contributed by atoms with Crippen LogP contribution in [0.2, 0.25) is 0 Å². The zero-order chi connectivity index (χ0) is 13.9. The first kappa shape index (κ1) is 12.7. The Balaban J connectivity index is 1.78. The Morgan fingerprint density at radius 1 is 1.15 bits per heavy atom. The quantitative estimate of drug-likeness (QED) is 0.876. The molecule has 0 radical (unpaired) electrons. The van der Waals surface area contributed by atoms with Gasteiger partial charge in [0.05, 0.1) is 23.8 Å². The monoisotopic (exact) mass is 264 g/mol. The molecule has 0 saturated heterocycles. The summed E-state index contributed by atoms with van der Waals surface area (Å²) in [5.41, 5.74) is 3.87. The fraction of sp³-hybridized carbons (Fsp3) is 0.235. The number of nitriles is 1. The minimum atomic E-state index is -0.559. The molecule has 3 rings (SSSR count). The van der Waals surface area contributed by atoms with E-state index >= 15 is 0 Å². The molecule has 0 aromatic heterocycles. The lowest BCUT2D eigenvalue weighted by molar-refractivity contribution is 0.149. The standard InChI is InChI=1S/C17H16N2O/c18-11-12-5-7-14(8-6-12)17(20)16-10-9-13-3-1-2-4-15(13)19-16/h1-8,16-17,19-20H,9-10H2. The normalized spacial score (nSPS) is 18.5. The summed E-state index contributed by atoms with van der Waals surface area (Å²) in [6.45, 7) is 0. The van der Waals surface area contributed by atoms with Gasteiger partial charge in [0.2, 0.25) is 0 Å². The third-order valence-electron chi connectivity index (χ3n) is 3.85. The summed E-state index contributed by atoms with van der Waals surface area (Å²) in [5.74, 6) is 0. The number of rotatable bonds is 2. The van der Waals surface area contributed by atoms with E-state index in [2.05, 4.69) is 17.5 Å². The molecule has 2 atom stereocenters. The molecule has 2 aromatic rings. The molecule has 20 heavy (non-hydrogen) atoms.